The van der Waals surface area contributed by atoms with Crippen LogP contribution in [0.15, 0.2) is 24.4 Å². The number of rotatable bonds is 7. The van der Waals surface area contributed by atoms with Crippen molar-refractivity contribution in [3.05, 3.63) is 41.3 Å². The predicted molar refractivity (Wildman–Crippen MR) is 105 cm³/mol. The summed E-state index contributed by atoms with van der Waals surface area (Å²) in [5.74, 6) is 0.891. The number of aryl methyl sites for hydroxylation is 1. The Morgan fingerprint density at radius 2 is 2.04 bits per heavy atom. The molecule has 0 aromatic carbocycles. The SMILES string of the molecule is CCc1cc(CN2CCC(=O)N(CCc3ccc(N4CCC4)nc3)C2=O)[nH]n1. The van der Waals surface area contributed by atoms with Gasteiger partial charge in [0.15, 0.2) is 0 Å². The van der Waals surface area contributed by atoms with Gasteiger partial charge in [-0.25, -0.2) is 9.78 Å². The molecule has 0 unspecified atom stereocenters. The van der Waals surface area contributed by atoms with E-state index in [-0.39, 0.29) is 11.9 Å². The fraction of sp³-hybridized carbons (Fsp3) is 0.500. The third-order valence-electron chi connectivity index (χ3n) is 5.42. The number of urea groups is 1. The molecule has 0 bridgehead atoms. The fourth-order valence-corrected chi connectivity index (χ4v) is 3.52. The maximum absolute atomic E-state index is 12.8. The minimum absolute atomic E-state index is 0.106. The van der Waals surface area contributed by atoms with E-state index in [9.17, 15) is 9.59 Å². The molecule has 3 amide bonds. The molecule has 4 rings (SSSR count). The second-order valence-corrected chi connectivity index (χ2v) is 7.35. The van der Waals surface area contributed by atoms with Gasteiger partial charge in [-0.1, -0.05) is 13.0 Å². The highest BCUT2D eigenvalue weighted by Crippen LogP contribution is 2.19. The number of carbonyl (C=O) groups is 2. The molecule has 2 aliphatic rings. The van der Waals surface area contributed by atoms with E-state index in [0.717, 1.165) is 42.3 Å². The molecule has 2 fully saturated rings. The van der Waals surface area contributed by atoms with Crippen molar-refractivity contribution in [3.8, 4) is 0 Å². The summed E-state index contributed by atoms with van der Waals surface area (Å²) in [6.45, 7) is 5.44. The third-order valence-corrected chi connectivity index (χ3v) is 5.42. The average Bonchev–Trinajstić information content (AvgIpc) is 3.11. The summed E-state index contributed by atoms with van der Waals surface area (Å²) >= 11 is 0. The highest BCUT2D eigenvalue weighted by Gasteiger charge is 2.31. The lowest BCUT2D eigenvalue weighted by atomic mass is 10.1. The van der Waals surface area contributed by atoms with Crippen LogP contribution in [0.2, 0.25) is 0 Å². The summed E-state index contributed by atoms with van der Waals surface area (Å²) < 4.78 is 0. The van der Waals surface area contributed by atoms with Gasteiger partial charge in [0.05, 0.1) is 17.9 Å². The van der Waals surface area contributed by atoms with Gasteiger partial charge in [0.2, 0.25) is 5.91 Å². The molecule has 0 saturated carbocycles. The summed E-state index contributed by atoms with van der Waals surface area (Å²) in [6, 6.07) is 5.80. The Kier molecular flexibility index (Phi) is 5.27. The Morgan fingerprint density at radius 1 is 1.18 bits per heavy atom. The molecule has 1 N–H and O–H groups in total. The quantitative estimate of drug-likeness (QED) is 0.791. The zero-order valence-corrected chi connectivity index (χ0v) is 16.2. The normalized spacial score (nSPS) is 17.2. The van der Waals surface area contributed by atoms with Gasteiger partial charge in [-0.2, -0.15) is 5.10 Å². The zero-order valence-electron chi connectivity index (χ0n) is 16.2. The first kappa shape index (κ1) is 18.5. The van der Waals surface area contributed by atoms with Crippen LogP contribution in [0.1, 0.15) is 36.7 Å². The standard InChI is InChI=1S/C20H26N6O2/c1-2-16-12-17(23-22-16)14-25-10-7-19(27)26(20(25)28)11-6-15-4-5-18(21-13-15)24-8-3-9-24/h4-5,12-13H,2-3,6-11,14H2,1H3,(H,22,23). The van der Waals surface area contributed by atoms with Crippen molar-refractivity contribution in [2.24, 2.45) is 0 Å². The van der Waals surface area contributed by atoms with Crippen molar-refractivity contribution < 1.29 is 9.59 Å². The maximum atomic E-state index is 12.8. The number of pyridine rings is 1. The van der Waals surface area contributed by atoms with Crippen molar-refractivity contribution in [2.45, 2.75) is 39.2 Å². The van der Waals surface area contributed by atoms with Crippen LogP contribution in [0.4, 0.5) is 10.6 Å². The molecule has 0 atom stereocenters. The minimum Gasteiger partial charge on any atom is -0.356 e. The number of nitrogens with one attached hydrogen (secondary N) is 1. The van der Waals surface area contributed by atoms with Gasteiger partial charge < -0.3 is 9.80 Å². The molecular formula is C20H26N6O2. The van der Waals surface area contributed by atoms with Gasteiger partial charge in [0.25, 0.3) is 0 Å². The smallest absolute Gasteiger partial charge is 0.327 e. The highest BCUT2D eigenvalue weighted by molar-refractivity contribution is 5.96. The van der Waals surface area contributed by atoms with Crippen molar-refractivity contribution in [1.82, 2.24) is 25.0 Å². The molecular weight excluding hydrogens is 356 g/mol. The summed E-state index contributed by atoms with van der Waals surface area (Å²) in [6.07, 6.45) is 4.88. The Labute approximate surface area is 164 Å². The summed E-state index contributed by atoms with van der Waals surface area (Å²) in [4.78, 5) is 34.9. The second-order valence-electron chi connectivity index (χ2n) is 7.35. The van der Waals surface area contributed by atoms with Crippen LogP contribution in [0.3, 0.4) is 0 Å². The Balaban J connectivity index is 1.35. The molecule has 28 heavy (non-hydrogen) atoms. The van der Waals surface area contributed by atoms with E-state index in [0.29, 0.717) is 32.5 Å². The van der Waals surface area contributed by atoms with Crippen LogP contribution in [0.5, 0.6) is 0 Å². The van der Waals surface area contributed by atoms with Crippen LogP contribution in [0, 0.1) is 0 Å². The molecule has 148 valence electrons. The largest absolute Gasteiger partial charge is 0.356 e. The lowest BCUT2D eigenvalue weighted by Crippen LogP contribution is -2.52. The average molecular weight is 382 g/mol. The molecule has 2 aromatic rings. The van der Waals surface area contributed by atoms with E-state index >= 15 is 0 Å². The van der Waals surface area contributed by atoms with Crippen LogP contribution in [0.25, 0.3) is 0 Å². The number of nitrogens with zero attached hydrogens (tertiary/aromatic N) is 5. The molecule has 0 spiro atoms. The molecule has 2 aromatic heterocycles. The molecule has 8 nitrogen and oxygen atoms in total. The molecule has 2 saturated heterocycles. The summed E-state index contributed by atoms with van der Waals surface area (Å²) in [5.41, 5.74) is 2.90. The number of aromatic amines is 1. The Morgan fingerprint density at radius 3 is 2.68 bits per heavy atom. The van der Waals surface area contributed by atoms with Crippen LogP contribution in [-0.4, -0.2) is 63.1 Å². The number of anilines is 1. The van der Waals surface area contributed by atoms with Crippen LogP contribution >= 0.6 is 0 Å². The number of carbonyl (C=O) groups excluding carboxylic acids is 2. The van der Waals surface area contributed by atoms with Crippen LogP contribution < -0.4 is 4.90 Å². The zero-order chi connectivity index (χ0) is 19.5. The number of H-pyrrole nitrogens is 1. The van der Waals surface area contributed by atoms with Crippen molar-refractivity contribution in [1.29, 1.82) is 0 Å². The molecule has 0 radical (unpaired) electrons. The van der Waals surface area contributed by atoms with Gasteiger partial charge in [-0.15, -0.1) is 0 Å². The topological polar surface area (TPSA) is 85.4 Å². The van der Waals surface area contributed by atoms with Gasteiger partial charge in [-0.05, 0) is 37.0 Å². The Bertz CT molecular complexity index is 843. The number of hydrogen-bond acceptors (Lipinski definition) is 5. The molecule has 2 aliphatic heterocycles. The fourth-order valence-electron chi connectivity index (χ4n) is 3.52. The first-order chi connectivity index (χ1) is 13.6. The lowest BCUT2D eigenvalue weighted by Gasteiger charge is -2.34. The van der Waals surface area contributed by atoms with E-state index < -0.39 is 0 Å². The monoisotopic (exact) mass is 382 g/mol. The van der Waals surface area contributed by atoms with Crippen molar-refractivity contribution in [3.63, 3.8) is 0 Å². The summed E-state index contributed by atoms with van der Waals surface area (Å²) in [7, 11) is 0. The number of hydrogen-bond donors (Lipinski definition) is 1. The van der Waals surface area contributed by atoms with Crippen molar-refractivity contribution in [2.75, 3.05) is 31.1 Å². The van der Waals surface area contributed by atoms with Gasteiger partial charge in [0, 0.05) is 38.8 Å². The van der Waals surface area contributed by atoms with Gasteiger partial charge >= 0.3 is 6.03 Å². The first-order valence-electron chi connectivity index (χ1n) is 9.96. The van der Waals surface area contributed by atoms with Crippen molar-refractivity contribution >= 4 is 17.8 Å². The predicted octanol–water partition coefficient (Wildman–Crippen LogP) is 1.97. The molecule has 8 heteroatoms. The third kappa shape index (κ3) is 3.85. The number of aromatic nitrogens is 3. The summed E-state index contributed by atoms with van der Waals surface area (Å²) in [5, 5.41) is 7.18. The Hall–Kier alpha value is -2.90. The van der Waals surface area contributed by atoms with Gasteiger partial charge in [0.1, 0.15) is 5.82 Å². The van der Waals surface area contributed by atoms with E-state index in [1.807, 2.05) is 31.3 Å². The van der Waals surface area contributed by atoms with E-state index in [4.69, 9.17) is 0 Å². The highest BCUT2D eigenvalue weighted by atomic mass is 16.2. The second kappa shape index (κ2) is 8.00. The molecule has 0 aliphatic carbocycles. The molecule has 4 heterocycles. The first-order valence-corrected chi connectivity index (χ1v) is 9.96. The number of imide groups is 1. The van der Waals surface area contributed by atoms with E-state index in [1.165, 1.54) is 11.3 Å². The van der Waals surface area contributed by atoms with E-state index in [2.05, 4.69) is 20.1 Å². The van der Waals surface area contributed by atoms with E-state index in [1.54, 1.807) is 4.90 Å². The lowest BCUT2D eigenvalue weighted by molar-refractivity contribution is -0.131. The van der Waals surface area contributed by atoms with Crippen LogP contribution in [-0.2, 0) is 24.2 Å². The maximum Gasteiger partial charge on any atom is 0.327 e. The van der Waals surface area contributed by atoms with Gasteiger partial charge in [-0.3, -0.25) is 14.8 Å². The number of amides is 3. The minimum atomic E-state index is -0.228.